The Morgan fingerprint density at radius 3 is 2.37 bits per heavy atom. The van der Waals surface area contributed by atoms with E-state index in [4.69, 9.17) is 16.3 Å². The molecule has 1 aliphatic rings. The first-order valence-corrected chi connectivity index (χ1v) is 8.79. The first kappa shape index (κ1) is 18.9. The third-order valence-electron chi connectivity index (χ3n) is 4.29. The maximum atomic E-state index is 12.8. The number of carbonyl (C=O) groups excluding carboxylic acids is 2. The summed E-state index contributed by atoms with van der Waals surface area (Å²) in [7, 11) is 1.58. The fourth-order valence-corrected chi connectivity index (χ4v) is 2.96. The van der Waals surface area contributed by atoms with Crippen molar-refractivity contribution in [2.24, 2.45) is 4.99 Å². The number of carbonyl (C=O) groups is 2. The van der Waals surface area contributed by atoms with Crippen molar-refractivity contribution < 1.29 is 14.3 Å². The highest BCUT2D eigenvalue weighted by atomic mass is 35.5. The predicted octanol–water partition coefficient (Wildman–Crippen LogP) is 3.35. The van der Waals surface area contributed by atoms with Crippen LogP contribution in [0.4, 0.5) is 5.69 Å². The number of methoxy groups -OCH3 is 1. The second-order valence-corrected chi connectivity index (χ2v) is 7.07. The highest BCUT2D eigenvalue weighted by Gasteiger charge is 2.41. The lowest BCUT2D eigenvalue weighted by molar-refractivity contribution is -0.131. The Balaban J connectivity index is 1.72. The number of nitrogens with zero attached hydrogens (tertiary/aromatic N) is 2. The highest BCUT2D eigenvalue weighted by Crippen LogP contribution is 2.27. The second-order valence-electron chi connectivity index (χ2n) is 6.63. The number of benzene rings is 2. The Hall–Kier alpha value is -2.86. The number of anilines is 1. The average Bonchev–Trinajstić information content (AvgIpc) is 2.86. The molecule has 0 atom stereocenters. The maximum Gasteiger partial charge on any atom is 0.275 e. The molecule has 0 unspecified atom stereocenters. The fourth-order valence-electron chi connectivity index (χ4n) is 2.84. The van der Waals surface area contributed by atoms with Crippen LogP contribution >= 0.6 is 11.6 Å². The molecule has 6 nitrogen and oxygen atoms in total. The van der Waals surface area contributed by atoms with E-state index in [0.29, 0.717) is 27.7 Å². The summed E-state index contributed by atoms with van der Waals surface area (Å²) in [6.07, 6.45) is 0. The monoisotopic (exact) mass is 385 g/mol. The number of aliphatic imine (C=N–C) groups is 1. The van der Waals surface area contributed by atoms with Crippen molar-refractivity contribution in [1.82, 2.24) is 4.90 Å². The minimum atomic E-state index is -0.816. The molecule has 3 rings (SSSR count). The molecule has 1 heterocycles. The van der Waals surface area contributed by atoms with Crippen LogP contribution in [0.15, 0.2) is 53.5 Å². The van der Waals surface area contributed by atoms with Crippen molar-refractivity contribution in [3.8, 4) is 5.75 Å². The van der Waals surface area contributed by atoms with E-state index in [9.17, 15) is 9.59 Å². The van der Waals surface area contributed by atoms with E-state index in [-0.39, 0.29) is 18.4 Å². The average molecular weight is 386 g/mol. The number of ether oxygens (including phenoxy) is 1. The smallest absolute Gasteiger partial charge is 0.275 e. The van der Waals surface area contributed by atoms with E-state index < -0.39 is 5.66 Å². The van der Waals surface area contributed by atoms with E-state index in [1.165, 1.54) is 4.90 Å². The first-order chi connectivity index (χ1) is 12.8. The Morgan fingerprint density at radius 2 is 1.78 bits per heavy atom. The molecule has 2 aromatic rings. The van der Waals surface area contributed by atoms with Crippen molar-refractivity contribution in [1.29, 1.82) is 0 Å². The molecular weight excluding hydrogens is 366 g/mol. The van der Waals surface area contributed by atoms with Crippen molar-refractivity contribution in [3.05, 3.63) is 59.1 Å². The summed E-state index contributed by atoms with van der Waals surface area (Å²) in [5.41, 5.74) is 0.817. The molecule has 0 aliphatic carbocycles. The van der Waals surface area contributed by atoms with E-state index in [1.54, 1.807) is 69.5 Å². The van der Waals surface area contributed by atoms with Gasteiger partial charge in [-0.3, -0.25) is 14.6 Å². The molecule has 0 bridgehead atoms. The normalized spacial score (nSPS) is 15.5. The van der Waals surface area contributed by atoms with Gasteiger partial charge in [-0.05, 0) is 50.2 Å². The number of nitrogens with one attached hydrogen (secondary N) is 1. The number of hydrogen-bond donors (Lipinski definition) is 1. The molecule has 140 valence electrons. The minimum absolute atomic E-state index is 0.0988. The van der Waals surface area contributed by atoms with Gasteiger partial charge in [-0.15, -0.1) is 0 Å². The van der Waals surface area contributed by atoms with Gasteiger partial charge in [-0.25, -0.2) is 0 Å². The molecule has 1 aliphatic heterocycles. The van der Waals surface area contributed by atoms with Gasteiger partial charge < -0.3 is 15.0 Å². The van der Waals surface area contributed by atoms with Crippen LogP contribution in [0.3, 0.4) is 0 Å². The standard InChI is InChI=1S/C20H20ClN3O3/c1-20(2)23-18(13-4-6-14(21)7-5-13)19(26)24(20)12-17(25)22-15-8-10-16(27-3)11-9-15/h4-11H,12H2,1-3H3,(H,22,25). The van der Waals surface area contributed by atoms with Gasteiger partial charge in [-0.2, -0.15) is 0 Å². The fraction of sp³-hybridized carbons (Fsp3) is 0.250. The van der Waals surface area contributed by atoms with Gasteiger partial charge in [0.2, 0.25) is 5.91 Å². The molecule has 0 spiro atoms. The van der Waals surface area contributed by atoms with E-state index in [2.05, 4.69) is 10.3 Å². The van der Waals surface area contributed by atoms with Crippen LogP contribution in [0.1, 0.15) is 19.4 Å². The Morgan fingerprint density at radius 1 is 1.15 bits per heavy atom. The zero-order valence-electron chi connectivity index (χ0n) is 15.3. The van der Waals surface area contributed by atoms with E-state index in [0.717, 1.165) is 0 Å². The summed E-state index contributed by atoms with van der Waals surface area (Å²) in [5.74, 6) is 0.117. The van der Waals surface area contributed by atoms with Crippen LogP contribution in [-0.2, 0) is 9.59 Å². The zero-order valence-corrected chi connectivity index (χ0v) is 16.1. The molecule has 27 heavy (non-hydrogen) atoms. The first-order valence-electron chi connectivity index (χ1n) is 8.42. The lowest BCUT2D eigenvalue weighted by Crippen LogP contribution is -2.46. The van der Waals surface area contributed by atoms with Gasteiger partial charge in [0, 0.05) is 16.3 Å². The molecule has 2 aromatic carbocycles. The summed E-state index contributed by atoms with van der Waals surface area (Å²) in [5, 5.41) is 3.37. The van der Waals surface area contributed by atoms with Crippen LogP contribution in [-0.4, -0.2) is 41.7 Å². The number of hydrogen-bond acceptors (Lipinski definition) is 4. The molecule has 0 aromatic heterocycles. The summed E-state index contributed by atoms with van der Waals surface area (Å²) < 4.78 is 5.10. The molecule has 0 fully saturated rings. The SMILES string of the molecule is COc1ccc(NC(=O)CN2C(=O)C(c3ccc(Cl)cc3)=NC2(C)C)cc1. The third-order valence-corrected chi connectivity index (χ3v) is 4.54. The minimum Gasteiger partial charge on any atom is -0.497 e. The van der Waals surface area contributed by atoms with Gasteiger partial charge in [-0.1, -0.05) is 23.7 Å². The number of halogens is 1. The lowest BCUT2D eigenvalue weighted by atomic mass is 10.1. The van der Waals surface area contributed by atoms with E-state index >= 15 is 0 Å². The molecule has 1 N–H and O–H groups in total. The topological polar surface area (TPSA) is 71.0 Å². The summed E-state index contributed by atoms with van der Waals surface area (Å²) in [6.45, 7) is 3.50. The van der Waals surface area contributed by atoms with Crippen molar-refractivity contribution in [2.45, 2.75) is 19.5 Å². The lowest BCUT2D eigenvalue weighted by Gasteiger charge is -2.28. The highest BCUT2D eigenvalue weighted by molar-refractivity contribution is 6.47. The molecule has 2 amide bonds. The quantitative estimate of drug-likeness (QED) is 0.857. The van der Waals surface area contributed by atoms with Crippen molar-refractivity contribution in [2.75, 3.05) is 19.0 Å². The largest absolute Gasteiger partial charge is 0.497 e. The van der Waals surface area contributed by atoms with Crippen LogP contribution < -0.4 is 10.1 Å². The summed E-state index contributed by atoms with van der Waals surface area (Å²) >= 11 is 5.91. The molecule has 7 heteroatoms. The van der Waals surface area contributed by atoms with Gasteiger partial charge in [0.25, 0.3) is 5.91 Å². The van der Waals surface area contributed by atoms with Crippen LogP contribution in [0.25, 0.3) is 0 Å². The molecular formula is C20H20ClN3O3. The number of amides is 2. The van der Waals surface area contributed by atoms with Crippen molar-refractivity contribution >= 4 is 34.8 Å². The van der Waals surface area contributed by atoms with Gasteiger partial charge in [0.15, 0.2) is 0 Å². The van der Waals surface area contributed by atoms with Crippen LogP contribution in [0.2, 0.25) is 5.02 Å². The van der Waals surface area contributed by atoms with Gasteiger partial charge >= 0.3 is 0 Å². The van der Waals surface area contributed by atoms with Crippen molar-refractivity contribution in [3.63, 3.8) is 0 Å². The summed E-state index contributed by atoms with van der Waals surface area (Å²) in [4.78, 5) is 31.3. The summed E-state index contributed by atoms with van der Waals surface area (Å²) in [6, 6.07) is 13.9. The van der Waals surface area contributed by atoms with E-state index in [1.807, 2.05) is 0 Å². The second kappa shape index (κ2) is 7.40. The van der Waals surface area contributed by atoms with Crippen LogP contribution in [0.5, 0.6) is 5.75 Å². The number of rotatable bonds is 5. The Kier molecular flexibility index (Phi) is 5.19. The van der Waals surface area contributed by atoms with Crippen LogP contribution in [0, 0.1) is 0 Å². The molecule has 0 radical (unpaired) electrons. The third kappa shape index (κ3) is 4.11. The predicted molar refractivity (Wildman–Crippen MR) is 105 cm³/mol. The molecule has 0 saturated carbocycles. The molecule has 0 saturated heterocycles. The Bertz CT molecular complexity index is 890. The zero-order chi connectivity index (χ0) is 19.6. The Labute approximate surface area is 162 Å². The van der Waals surface area contributed by atoms with Gasteiger partial charge in [0.05, 0.1) is 7.11 Å². The van der Waals surface area contributed by atoms with Gasteiger partial charge in [0.1, 0.15) is 23.7 Å². The maximum absolute atomic E-state index is 12.8.